The minimum Gasteiger partial charge on any atom is -0.481 e. The number of aromatic nitrogens is 1. The lowest BCUT2D eigenvalue weighted by Crippen LogP contribution is -2.50. The summed E-state index contributed by atoms with van der Waals surface area (Å²) in [5, 5.41) is 15.2. The number of carbonyl (C=O) groups is 3. The Labute approximate surface area is 229 Å². The van der Waals surface area contributed by atoms with Crippen LogP contribution in [-0.2, 0) is 31.9 Å². The third kappa shape index (κ3) is 10.3. The summed E-state index contributed by atoms with van der Waals surface area (Å²) in [6.45, 7) is 10.3. The van der Waals surface area contributed by atoms with Gasteiger partial charge in [-0.25, -0.2) is 14.6 Å². The van der Waals surface area contributed by atoms with Crippen LogP contribution in [0.4, 0.5) is 15.4 Å². The molecule has 2 rings (SSSR count). The molecule has 0 spiro atoms. The standard InChI is InChI=1S/C27H36N3O8P/c1-16(2)21(29-25(33)37-15-18-10-8-7-9-11-18)22(39(35)36)20(24(31)32)13-19-12-17(3)23(28-14-19)30-26(34)38-27(4,5)6/h7-12,14,16,20-22H,13,15H2,1-6H3,(H3-,28,29,30,31,32,33,34,35,36)/p+1. The van der Waals surface area contributed by atoms with Gasteiger partial charge in [0.25, 0.3) is 0 Å². The zero-order valence-corrected chi connectivity index (χ0v) is 23.9. The highest BCUT2D eigenvalue weighted by Crippen LogP contribution is 2.37. The maximum absolute atomic E-state index is 12.6. The van der Waals surface area contributed by atoms with Crippen molar-refractivity contribution in [1.82, 2.24) is 10.3 Å². The maximum atomic E-state index is 12.6. The van der Waals surface area contributed by atoms with E-state index in [0.717, 1.165) is 5.56 Å². The highest BCUT2D eigenvalue weighted by atomic mass is 31.1. The average Bonchev–Trinajstić information content (AvgIpc) is 2.82. The Kier molecular flexibility index (Phi) is 11.4. The molecule has 11 nitrogen and oxygen atoms in total. The Hall–Kier alpha value is -3.56. The molecular formula is C27H37N3O8P+. The molecular weight excluding hydrogens is 525 g/mol. The molecule has 1 aromatic heterocycles. The number of amides is 2. The Balaban J connectivity index is 2.21. The minimum atomic E-state index is -3.02. The summed E-state index contributed by atoms with van der Waals surface area (Å²) in [5.41, 5.74) is -0.227. The molecule has 2 amide bonds. The predicted molar refractivity (Wildman–Crippen MR) is 146 cm³/mol. The van der Waals surface area contributed by atoms with E-state index in [-0.39, 0.29) is 24.8 Å². The second-order valence-electron chi connectivity index (χ2n) is 10.6. The molecule has 0 aliphatic rings. The normalized spacial score (nSPS) is 14.1. The third-order valence-corrected chi connectivity index (χ3v) is 6.97. The SMILES string of the molecule is Cc1cc(CC(C(=O)O)C(C(NC(=O)OCc2ccccc2)C(C)C)[P+](=O)O)cnc1NC(=O)OC(C)(C)C. The quantitative estimate of drug-likeness (QED) is 0.275. The topological polar surface area (TPSA) is 164 Å². The second kappa shape index (κ2) is 14.0. The van der Waals surface area contributed by atoms with Crippen molar-refractivity contribution in [3.63, 3.8) is 0 Å². The number of pyridine rings is 1. The van der Waals surface area contributed by atoms with Gasteiger partial charge in [-0.2, -0.15) is 4.89 Å². The highest BCUT2D eigenvalue weighted by molar-refractivity contribution is 7.39. The van der Waals surface area contributed by atoms with E-state index in [1.165, 1.54) is 6.20 Å². The van der Waals surface area contributed by atoms with Crippen LogP contribution in [-0.4, -0.2) is 50.4 Å². The molecule has 212 valence electrons. The molecule has 0 bridgehead atoms. The summed E-state index contributed by atoms with van der Waals surface area (Å²) in [7, 11) is -3.02. The number of ether oxygens (including phenoxy) is 2. The molecule has 2 aromatic rings. The number of anilines is 1. The van der Waals surface area contributed by atoms with E-state index in [0.29, 0.717) is 11.1 Å². The number of benzene rings is 1. The van der Waals surface area contributed by atoms with Crippen LogP contribution in [0.3, 0.4) is 0 Å². The monoisotopic (exact) mass is 562 g/mol. The van der Waals surface area contributed by atoms with Crippen LogP contribution in [0.25, 0.3) is 0 Å². The highest BCUT2D eigenvalue weighted by Gasteiger charge is 2.49. The van der Waals surface area contributed by atoms with Gasteiger partial charge in [0.1, 0.15) is 23.9 Å². The van der Waals surface area contributed by atoms with Gasteiger partial charge >= 0.3 is 26.2 Å². The Morgan fingerprint density at radius 1 is 1.08 bits per heavy atom. The lowest BCUT2D eigenvalue weighted by Gasteiger charge is -2.27. The summed E-state index contributed by atoms with van der Waals surface area (Å²) in [4.78, 5) is 51.4. The van der Waals surface area contributed by atoms with E-state index >= 15 is 0 Å². The van der Waals surface area contributed by atoms with Gasteiger partial charge < -0.3 is 19.9 Å². The van der Waals surface area contributed by atoms with Crippen molar-refractivity contribution in [3.8, 4) is 0 Å². The third-order valence-electron chi connectivity index (χ3n) is 5.78. The van der Waals surface area contributed by atoms with Crippen molar-refractivity contribution in [2.45, 2.75) is 71.9 Å². The zero-order chi connectivity index (χ0) is 29.3. The molecule has 4 N–H and O–H groups in total. The van der Waals surface area contributed by atoms with E-state index in [4.69, 9.17) is 9.47 Å². The fraction of sp³-hybridized carbons (Fsp3) is 0.481. The van der Waals surface area contributed by atoms with Crippen molar-refractivity contribution >= 4 is 32.0 Å². The van der Waals surface area contributed by atoms with Gasteiger partial charge in [0.05, 0.1) is 6.04 Å². The Morgan fingerprint density at radius 3 is 2.23 bits per heavy atom. The molecule has 39 heavy (non-hydrogen) atoms. The van der Waals surface area contributed by atoms with Gasteiger partial charge in [0.15, 0.2) is 0 Å². The first-order chi connectivity index (χ1) is 18.2. The largest absolute Gasteiger partial charge is 0.511 e. The minimum absolute atomic E-state index is 0.00952. The van der Waals surface area contributed by atoms with Crippen molar-refractivity contribution in [2.75, 3.05) is 5.32 Å². The summed E-state index contributed by atoms with van der Waals surface area (Å²) in [6, 6.07) is 9.67. The van der Waals surface area contributed by atoms with Crippen LogP contribution in [0.1, 0.15) is 51.3 Å². The first kappa shape index (κ1) is 31.7. The molecule has 1 heterocycles. The second-order valence-corrected chi connectivity index (χ2v) is 11.8. The molecule has 0 aliphatic carbocycles. The molecule has 0 radical (unpaired) electrons. The molecule has 4 unspecified atom stereocenters. The van der Waals surface area contributed by atoms with Crippen molar-refractivity contribution < 1.29 is 38.4 Å². The predicted octanol–water partition coefficient (Wildman–Crippen LogP) is 5.03. The molecule has 4 atom stereocenters. The van der Waals surface area contributed by atoms with Gasteiger partial charge in [0, 0.05) is 6.20 Å². The average molecular weight is 563 g/mol. The lowest BCUT2D eigenvalue weighted by atomic mass is 9.87. The number of nitrogens with one attached hydrogen (secondary N) is 2. The first-order valence-electron chi connectivity index (χ1n) is 12.5. The van der Waals surface area contributed by atoms with Crippen LogP contribution in [0.5, 0.6) is 0 Å². The number of alkyl carbamates (subject to hydrolysis) is 1. The number of carbonyl (C=O) groups excluding carboxylic acids is 2. The summed E-state index contributed by atoms with van der Waals surface area (Å²) in [6.07, 6.45) is -0.245. The number of hydrogen-bond donors (Lipinski definition) is 4. The number of carboxylic acid groups (broad SMARTS) is 1. The number of aliphatic carboxylic acids is 1. The van der Waals surface area contributed by atoms with Crippen LogP contribution in [0.15, 0.2) is 42.6 Å². The van der Waals surface area contributed by atoms with Gasteiger partial charge in [-0.1, -0.05) is 50.2 Å². The Bertz CT molecular complexity index is 1170. The molecule has 0 aliphatic heterocycles. The summed E-state index contributed by atoms with van der Waals surface area (Å²) >= 11 is 0. The van der Waals surface area contributed by atoms with Gasteiger partial charge in [0.2, 0.25) is 5.66 Å². The van der Waals surface area contributed by atoms with Crippen molar-refractivity contribution in [2.24, 2.45) is 11.8 Å². The van der Waals surface area contributed by atoms with E-state index in [9.17, 15) is 28.9 Å². The van der Waals surface area contributed by atoms with Crippen molar-refractivity contribution in [1.29, 1.82) is 0 Å². The van der Waals surface area contributed by atoms with Gasteiger partial charge in [-0.3, -0.25) is 10.1 Å². The fourth-order valence-electron chi connectivity index (χ4n) is 3.97. The number of hydrogen-bond acceptors (Lipinski definition) is 7. The van der Waals surface area contributed by atoms with Crippen LogP contribution in [0.2, 0.25) is 0 Å². The molecule has 1 aromatic carbocycles. The van der Waals surface area contributed by atoms with E-state index in [1.54, 1.807) is 71.9 Å². The lowest BCUT2D eigenvalue weighted by molar-refractivity contribution is -0.142. The smallest absolute Gasteiger partial charge is 0.481 e. The van der Waals surface area contributed by atoms with E-state index in [2.05, 4.69) is 15.6 Å². The van der Waals surface area contributed by atoms with Gasteiger partial charge in [-0.05, 0) is 61.3 Å². The molecule has 0 saturated heterocycles. The number of rotatable bonds is 11. The number of aryl methyl sites for hydroxylation is 1. The first-order valence-corrected chi connectivity index (χ1v) is 13.8. The summed E-state index contributed by atoms with van der Waals surface area (Å²) in [5.74, 6) is -2.76. The van der Waals surface area contributed by atoms with Gasteiger partial charge in [-0.15, -0.1) is 0 Å². The van der Waals surface area contributed by atoms with E-state index < -0.39 is 49.4 Å². The van der Waals surface area contributed by atoms with Crippen LogP contribution in [0, 0.1) is 18.8 Å². The Morgan fingerprint density at radius 2 is 1.72 bits per heavy atom. The fourth-order valence-corrected chi connectivity index (χ4v) is 5.21. The maximum Gasteiger partial charge on any atom is 0.511 e. The van der Waals surface area contributed by atoms with Crippen LogP contribution < -0.4 is 10.6 Å². The van der Waals surface area contributed by atoms with Crippen molar-refractivity contribution in [3.05, 3.63) is 59.3 Å². The van der Waals surface area contributed by atoms with Crippen LogP contribution >= 0.6 is 8.03 Å². The molecule has 0 fully saturated rings. The number of carboxylic acids is 1. The molecule has 12 heteroatoms. The summed E-state index contributed by atoms with van der Waals surface area (Å²) < 4.78 is 23.0. The molecule has 0 saturated carbocycles. The van der Waals surface area contributed by atoms with E-state index in [1.807, 2.05) is 6.07 Å². The zero-order valence-electron chi connectivity index (χ0n) is 23.0. The number of nitrogens with zero attached hydrogens (tertiary/aromatic N) is 1.